The maximum absolute atomic E-state index is 12.6. The van der Waals surface area contributed by atoms with Crippen molar-refractivity contribution in [2.24, 2.45) is 4.99 Å². The molecule has 10 heteroatoms. The fourth-order valence-electron chi connectivity index (χ4n) is 2.28. The average Bonchev–Trinajstić information content (AvgIpc) is 3.14. The minimum Gasteiger partial charge on any atom is -0.493 e. The number of nitrogens with one attached hydrogen (secondary N) is 2. The summed E-state index contributed by atoms with van der Waals surface area (Å²) in [6, 6.07) is 5.55. The molecule has 0 aliphatic carbocycles. The van der Waals surface area contributed by atoms with Crippen molar-refractivity contribution < 1.29 is 22.6 Å². The molecule has 0 unspecified atom stereocenters. The number of aromatic nitrogens is 1. The largest absolute Gasteiger partial charge is 0.493 e. The number of nitrogens with zero attached hydrogens (tertiary/aromatic N) is 2. The Kier molecular flexibility index (Phi) is 7.91. The van der Waals surface area contributed by atoms with Gasteiger partial charge < -0.3 is 20.1 Å². The second-order valence-corrected chi connectivity index (χ2v) is 6.53. The number of alkyl halides is 3. The molecule has 154 valence electrons. The second-order valence-electron chi connectivity index (χ2n) is 5.59. The van der Waals surface area contributed by atoms with Crippen molar-refractivity contribution in [2.45, 2.75) is 33.1 Å². The van der Waals surface area contributed by atoms with Gasteiger partial charge in [0, 0.05) is 11.9 Å². The number of guanidine groups is 1. The molecule has 1 aromatic carbocycles. The second kappa shape index (κ2) is 10.2. The van der Waals surface area contributed by atoms with Gasteiger partial charge in [-0.1, -0.05) is 6.07 Å². The van der Waals surface area contributed by atoms with Gasteiger partial charge in [-0.05, 0) is 31.5 Å². The fraction of sp³-hybridized carbons (Fsp3) is 0.444. The van der Waals surface area contributed by atoms with Crippen LogP contribution in [-0.2, 0) is 19.3 Å². The number of halogens is 3. The summed E-state index contributed by atoms with van der Waals surface area (Å²) in [5.41, 5.74) is 0.0313. The molecule has 0 aliphatic rings. The Bertz CT molecular complexity index is 793. The van der Waals surface area contributed by atoms with E-state index >= 15 is 0 Å². The summed E-state index contributed by atoms with van der Waals surface area (Å²) in [5, 5.41) is 7.39. The van der Waals surface area contributed by atoms with Crippen molar-refractivity contribution >= 4 is 17.3 Å². The van der Waals surface area contributed by atoms with Crippen LogP contribution in [0.4, 0.5) is 13.2 Å². The molecule has 0 saturated carbocycles. The van der Waals surface area contributed by atoms with Gasteiger partial charge >= 0.3 is 6.18 Å². The minimum absolute atomic E-state index is 0.152. The highest BCUT2D eigenvalue weighted by Crippen LogP contribution is 2.30. The van der Waals surface area contributed by atoms with Crippen molar-refractivity contribution in [3.05, 3.63) is 39.8 Å². The molecule has 1 aromatic heterocycles. The van der Waals surface area contributed by atoms with Crippen molar-refractivity contribution in [3.8, 4) is 11.5 Å². The van der Waals surface area contributed by atoms with Crippen molar-refractivity contribution in [1.82, 2.24) is 15.6 Å². The Morgan fingerprint density at radius 3 is 2.61 bits per heavy atom. The number of hydrogen-bond acceptors (Lipinski definition) is 5. The first-order valence-corrected chi connectivity index (χ1v) is 9.58. The molecular formula is C18H23F3N4O2S. The number of rotatable bonds is 8. The molecule has 0 fully saturated rings. The Balaban J connectivity index is 2.03. The molecular weight excluding hydrogens is 393 g/mol. The van der Waals surface area contributed by atoms with Gasteiger partial charge in [0.15, 0.2) is 23.2 Å². The number of hydrogen-bond donors (Lipinski definition) is 2. The van der Waals surface area contributed by atoms with Crippen LogP contribution in [0.3, 0.4) is 0 Å². The van der Waals surface area contributed by atoms with Gasteiger partial charge in [0.1, 0.15) is 5.01 Å². The lowest BCUT2D eigenvalue weighted by atomic mass is 10.2. The lowest BCUT2D eigenvalue weighted by molar-refractivity contribution is -0.140. The Hall–Kier alpha value is -2.49. The van der Waals surface area contributed by atoms with E-state index in [1.807, 2.05) is 32.0 Å². The monoisotopic (exact) mass is 416 g/mol. The summed E-state index contributed by atoms with van der Waals surface area (Å²) in [6.45, 7) is 5.47. The molecule has 2 aromatic rings. The van der Waals surface area contributed by atoms with E-state index in [-0.39, 0.29) is 6.54 Å². The Labute approximate surface area is 165 Å². The Morgan fingerprint density at radius 2 is 2.00 bits per heavy atom. The molecule has 0 amide bonds. The quantitative estimate of drug-likeness (QED) is 0.506. The van der Waals surface area contributed by atoms with E-state index in [1.54, 1.807) is 7.11 Å². The number of thiazole rings is 1. The lowest BCUT2D eigenvalue weighted by Gasteiger charge is -2.12. The van der Waals surface area contributed by atoms with Crippen molar-refractivity contribution in [1.29, 1.82) is 0 Å². The van der Waals surface area contributed by atoms with Crippen LogP contribution in [0, 0.1) is 0 Å². The summed E-state index contributed by atoms with van der Waals surface area (Å²) in [7, 11) is 1.57. The minimum atomic E-state index is -4.43. The number of benzene rings is 1. The summed E-state index contributed by atoms with van der Waals surface area (Å²) in [4.78, 5) is 8.06. The van der Waals surface area contributed by atoms with E-state index in [1.165, 1.54) is 0 Å². The van der Waals surface area contributed by atoms with Gasteiger partial charge in [-0.25, -0.2) is 9.98 Å². The molecule has 2 N–H and O–H groups in total. The highest BCUT2D eigenvalue weighted by Gasteiger charge is 2.33. The SMILES string of the molecule is CCNC(=NCc1ccc(OCC)c(OC)c1)NCc1nc(C(F)(F)F)cs1. The van der Waals surface area contributed by atoms with Crippen LogP contribution >= 0.6 is 11.3 Å². The van der Waals surface area contributed by atoms with E-state index in [0.717, 1.165) is 22.3 Å². The van der Waals surface area contributed by atoms with Crippen LogP contribution in [0.1, 0.15) is 30.1 Å². The third kappa shape index (κ3) is 6.29. The first-order chi connectivity index (χ1) is 13.4. The van der Waals surface area contributed by atoms with Gasteiger partial charge in [-0.15, -0.1) is 11.3 Å². The zero-order valence-corrected chi connectivity index (χ0v) is 16.7. The third-order valence-electron chi connectivity index (χ3n) is 3.54. The maximum atomic E-state index is 12.6. The summed E-state index contributed by atoms with van der Waals surface area (Å²) in [5.74, 6) is 1.76. The first-order valence-electron chi connectivity index (χ1n) is 8.70. The predicted molar refractivity (Wildman–Crippen MR) is 103 cm³/mol. The Morgan fingerprint density at radius 1 is 1.21 bits per heavy atom. The third-order valence-corrected chi connectivity index (χ3v) is 4.39. The van der Waals surface area contributed by atoms with E-state index in [0.29, 0.717) is 42.2 Å². The van der Waals surface area contributed by atoms with Gasteiger partial charge in [0.25, 0.3) is 0 Å². The van der Waals surface area contributed by atoms with Crippen LogP contribution in [-0.4, -0.2) is 31.2 Å². The fourth-order valence-corrected chi connectivity index (χ4v) is 3.02. The number of aliphatic imine (C=N–C) groups is 1. The molecule has 1 heterocycles. The van der Waals surface area contributed by atoms with Gasteiger partial charge in [-0.3, -0.25) is 0 Å². The normalized spacial score (nSPS) is 12.0. The summed E-state index contributed by atoms with van der Waals surface area (Å²) in [6.07, 6.45) is -4.43. The molecule has 0 aliphatic heterocycles. The summed E-state index contributed by atoms with van der Waals surface area (Å²) >= 11 is 0.955. The van der Waals surface area contributed by atoms with Crippen LogP contribution in [0.15, 0.2) is 28.6 Å². The summed E-state index contributed by atoms with van der Waals surface area (Å²) < 4.78 is 48.7. The van der Waals surface area contributed by atoms with Crippen LogP contribution in [0.25, 0.3) is 0 Å². The number of methoxy groups -OCH3 is 1. The molecule has 28 heavy (non-hydrogen) atoms. The molecule has 0 atom stereocenters. The van der Waals surface area contributed by atoms with E-state index in [2.05, 4.69) is 20.6 Å². The van der Waals surface area contributed by atoms with Crippen LogP contribution < -0.4 is 20.1 Å². The van der Waals surface area contributed by atoms with Crippen LogP contribution in [0.5, 0.6) is 11.5 Å². The zero-order chi connectivity index (χ0) is 20.6. The average molecular weight is 416 g/mol. The molecule has 0 saturated heterocycles. The standard InChI is InChI=1S/C18H23F3N4O2S/c1-4-22-17(24-10-16-25-15(11-28-16)18(19,20)21)23-9-12-6-7-13(27-5-2)14(8-12)26-3/h6-8,11H,4-5,9-10H2,1-3H3,(H2,22,23,24). The van der Waals surface area contributed by atoms with Gasteiger partial charge in [-0.2, -0.15) is 13.2 Å². The highest BCUT2D eigenvalue weighted by atomic mass is 32.1. The number of ether oxygens (including phenoxy) is 2. The van der Waals surface area contributed by atoms with Crippen LogP contribution in [0.2, 0.25) is 0 Å². The van der Waals surface area contributed by atoms with E-state index in [4.69, 9.17) is 9.47 Å². The van der Waals surface area contributed by atoms with Crippen molar-refractivity contribution in [2.75, 3.05) is 20.3 Å². The van der Waals surface area contributed by atoms with Crippen molar-refractivity contribution in [3.63, 3.8) is 0 Å². The topological polar surface area (TPSA) is 67.8 Å². The molecule has 6 nitrogen and oxygen atoms in total. The highest BCUT2D eigenvalue weighted by molar-refractivity contribution is 7.09. The molecule has 0 radical (unpaired) electrons. The smallest absolute Gasteiger partial charge is 0.434 e. The zero-order valence-electron chi connectivity index (χ0n) is 15.9. The lowest BCUT2D eigenvalue weighted by Crippen LogP contribution is -2.36. The van der Waals surface area contributed by atoms with E-state index < -0.39 is 11.9 Å². The first kappa shape index (κ1) is 21.8. The molecule has 2 rings (SSSR count). The van der Waals surface area contributed by atoms with Gasteiger partial charge in [0.05, 0.1) is 26.8 Å². The van der Waals surface area contributed by atoms with E-state index in [9.17, 15) is 13.2 Å². The maximum Gasteiger partial charge on any atom is 0.434 e. The predicted octanol–water partition coefficient (Wildman–Crippen LogP) is 3.82. The molecule has 0 bridgehead atoms. The molecule has 0 spiro atoms. The van der Waals surface area contributed by atoms with Gasteiger partial charge in [0.2, 0.25) is 0 Å².